The Morgan fingerprint density at radius 1 is 1.19 bits per heavy atom. The van der Waals surface area contributed by atoms with Crippen LogP contribution in [0.4, 0.5) is 0 Å². The summed E-state index contributed by atoms with van der Waals surface area (Å²) >= 11 is 2.17. The van der Waals surface area contributed by atoms with Gasteiger partial charge in [-0.1, -0.05) is 30.3 Å². The number of aromatic nitrogens is 2. The van der Waals surface area contributed by atoms with E-state index in [1.807, 2.05) is 49.4 Å². The quantitative estimate of drug-likeness (QED) is 0.236. The Morgan fingerprint density at radius 3 is 2.55 bits per heavy atom. The van der Waals surface area contributed by atoms with Crippen molar-refractivity contribution in [3.05, 3.63) is 80.2 Å². The lowest BCUT2D eigenvalue weighted by molar-refractivity contribution is 0.0943. The second-order valence-corrected chi connectivity index (χ2v) is 8.01. The molecule has 31 heavy (non-hydrogen) atoms. The average molecular weight is 527 g/mol. The number of rotatable bonds is 7. The van der Waals surface area contributed by atoms with Gasteiger partial charge in [0.15, 0.2) is 11.5 Å². The van der Waals surface area contributed by atoms with Crippen molar-refractivity contribution in [1.82, 2.24) is 9.78 Å². The molecule has 0 unspecified atom stereocenters. The van der Waals surface area contributed by atoms with Crippen molar-refractivity contribution < 1.29 is 14.3 Å². The molecule has 1 heterocycles. The van der Waals surface area contributed by atoms with E-state index in [-0.39, 0.29) is 5.57 Å². The average Bonchev–Trinajstić information content (AvgIpc) is 3.09. The highest BCUT2D eigenvalue weighted by molar-refractivity contribution is 14.1. The predicted molar refractivity (Wildman–Crippen MR) is 127 cm³/mol. The van der Waals surface area contributed by atoms with Crippen LogP contribution in [0.1, 0.15) is 34.2 Å². The molecule has 1 aromatic heterocycles. The first-order valence-corrected chi connectivity index (χ1v) is 10.8. The van der Waals surface area contributed by atoms with E-state index in [0.29, 0.717) is 36.0 Å². The number of hydrogen-bond donors (Lipinski definition) is 0. The summed E-state index contributed by atoms with van der Waals surface area (Å²) in [5.41, 5.74) is 3.11. The number of ether oxygens (including phenoxy) is 2. The summed E-state index contributed by atoms with van der Waals surface area (Å²) in [6.45, 7) is 6.34. The second-order valence-electron chi connectivity index (χ2n) is 6.85. The Hall–Kier alpha value is -3.12. The third kappa shape index (κ3) is 5.52. The van der Waals surface area contributed by atoms with Crippen LogP contribution in [0.3, 0.4) is 0 Å². The molecule has 0 fully saturated rings. The van der Waals surface area contributed by atoms with Gasteiger partial charge in [0, 0.05) is 5.69 Å². The van der Waals surface area contributed by atoms with Crippen molar-refractivity contribution in [2.45, 2.75) is 27.4 Å². The second kappa shape index (κ2) is 10.3. The minimum absolute atomic E-state index is 0.0117. The van der Waals surface area contributed by atoms with Crippen LogP contribution in [-0.2, 0) is 6.61 Å². The Labute approximate surface area is 195 Å². The lowest BCUT2D eigenvalue weighted by Gasteiger charge is -2.15. The summed E-state index contributed by atoms with van der Waals surface area (Å²) in [7, 11) is 0. The highest BCUT2D eigenvalue weighted by Crippen LogP contribution is 2.35. The van der Waals surface area contributed by atoms with E-state index in [0.717, 1.165) is 14.8 Å². The molecule has 6 nitrogen and oxygen atoms in total. The molecule has 7 heteroatoms. The van der Waals surface area contributed by atoms with Crippen molar-refractivity contribution in [3.63, 3.8) is 0 Å². The molecule has 3 aromatic rings. The minimum Gasteiger partial charge on any atom is -0.490 e. The van der Waals surface area contributed by atoms with Gasteiger partial charge in [-0.05, 0) is 78.8 Å². The van der Waals surface area contributed by atoms with Crippen molar-refractivity contribution in [2.24, 2.45) is 0 Å². The van der Waals surface area contributed by atoms with E-state index < -0.39 is 5.91 Å². The number of aryl methyl sites for hydroxylation is 2. The monoisotopic (exact) mass is 527 g/mol. The summed E-state index contributed by atoms with van der Waals surface area (Å²) in [5.74, 6) is 0.727. The predicted octanol–water partition coefficient (Wildman–Crippen LogP) is 5.33. The maximum Gasteiger partial charge on any atom is 0.289 e. The Bertz CT molecular complexity index is 1160. The van der Waals surface area contributed by atoms with E-state index in [1.54, 1.807) is 32.1 Å². The van der Waals surface area contributed by atoms with Crippen LogP contribution in [0.25, 0.3) is 6.08 Å². The van der Waals surface area contributed by atoms with E-state index >= 15 is 0 Å². The van der Waals surface area contributed by atoms with Gasteiger partial charge in [-0.15, -0.1) is 0 Å². The zero-order valence-electron chi connectivity index (χ0n) is 17.6. The lowest BCUT2D eigenvalue weighted by Crippen LogP contribution is -2.15. The summed E-state index contributed by atoms with van der Waals surface area (Å²) in [6, 6.07) is 17.3. The Morgan fingerprint density at radius 2 is 1.94 bits per heavy atom. The lowest BCUT2D eigenvalue weighted by atomic mass is 10.1. The third-order valence-corrected chi connectivity index (χ3v) is 5.22. The van der Waals surface area contributed by atoms with Gasteiger partial charge >= 0.3 is 0 Å². The topological polar surface area (TPSA) is 77.1 Å². The van der Waals surface area contributed by atoms with Gasteiger partial charge in [-0.3, -0.25) is 4.79 Å². The van der Waals surface area contributed by atoms with Gasteiger partial charge in [-0.2, -0.15) is 10.4 Å². The number of hydrogen-bond acceptors (Lipinski definition) is 5. The van der Waals surface area contributed by atoms with Gasteiger partial charge in [0.1, 0.15) is 18.2 Å². The summed E-state index contributed by atoms with van der Waals surface area (Å²) in [4.78, 5) is 12.8. The Kier molecular flexibility index (Phi) is 7.47. The molecule has 0 amide bonds. The zero-order valence-corrected chi connectivity index (χ0v) is 19.7. The standard InChI is InChI=1S/C24H22IN3O3/c1-4-30-22-13-19(11-20(14-26)24(29)28-17(3)10-16(2)27-28)12-21(25)23(22)31-15-18-8-6-5-7-9-18/h5-13H,4,15H2,1-3H3/b20-11+. The molecule has 0 aliphatic rings. The molecular formula is C24H22IN3O3. The van der Waals surface area contributed by atoms with Crippen LogP contribution in [-0.4, -0.2) is 22.3 Å². The first-order chi connectivity index (χ1) is 14.9. The third-order valence-electron chi connectivity index (χ3n) is 4.42. The van der Waals surface area contributed by atoms with Crippen molar-refractivity contribution in [1.29, 1.82) is 5.26 Å². The SMILES string of the molecule is CCOc1cc(/C=C(\C#N)C(=O)n2nc(C)cc2C)cc(I)c1OCc1ccccc1. The van der Waals surface area contributed by atoms with Gasteiger partial charge < -0.3 is 9.47 Å². The smallest absolute Gasteiger partial charge is 0.289 e. The number of carbonyl (C=O) groups is 1. The number of nitrogens with zero attached hydrogens (tertiary/aromatic N) is 3. The fraction of sp³-hybridized carbons (Fsp3) is 0.208. The molecule has 0 radical (unpaired) electrons. The zero-order chi connectivity index (χ0) is 22.4. The molecule has 0 aliphatic heterocycles. The van der Waals surface area contributed by atoms with Crippen molar-refractivity contribution in [3.8, 4) is 17.6 Å². The maximum atomic E-state index is 12.8. The molecule has 0 spiro atoms. The summed E-state index contributed by atoms with van der Waals surface area (Å²) in [5, 5.41) is 13.8. The molecule has 0 atom stereocenters. The molecule has 158 valence electrons. The molecular weight excluding hydrogens is 505 g/mol. The molecule has 0 aliphatic carbocycles. The van der Waals surface area contributed by atoms with Gasteiger partial charge in [0.2, 0.25) is 0 Å². The van der Waals surface area contributed by atoms with Crippen LogP contribution in [0, 0.1) is 28.7 Å². The maximum absolute atomic E-state index is 12.8. The number of halogens is 1. The van der Waals surface area contributed by atoms with Crippen LogP contribution in [0.2, 0.25) is 0 Å². The molecule has 3 rings (SSSR count). The van der Waals surface area contributed by atoms with E-state index in [1.165, 1.54) is 4.68 Å². The number of benzene rings is 2. The van der Waals surface area contributed by atoms with E-state index in [2.05, 4.69) is 27.7 Å². The van der Waals surface area contributed by atoms with Crippen LogP contribution >= 0.6 is 22.6 Å². The Balaban J connectivity index is 1.92. The normalized spacial score (nSPS) is 11.1. The largest absolute Gasteiger partial charge is 0.490 e. The van der Waals surface area contributed by atoms with E-state index in [9.17, 15) is 10.1 Å². The number of carbonyl (C=O) groups excluding carboxylic acids is 1. The van der Waals surface area contributed by atoms with Crippen molar-refractivity contribution in [2.75, 3.05) is 6.61 Å². The molecule has 2 aromatic carbocycles. The van der Waals surface area contributed by atoms with Gasteiger partial charge in [0.05, 0.1) is 15.9 Å². The van der Waals surface area contributed by atoms with E-state index in [4.69, 9.17) is 9.47 Å². The summed E-state index contributed by atoms with van der Waals surface area (Å²) in [6.07, 6.45) is 1.55. The molecule has 0 saturated carbocycles. The molecule has 0 saturated heterocycles. The van der Waals surface area contributed by atoms with Crippen LogP contribution < -0.4 is 9.47 Å². The summed E-state index contributed by atoms with van der Waals surface area (Å²) < 4.78 is 13.9. The van der Waals surface area contributed by atoms with Crippen LogP contribution in [0.15, 0.2) is 54.1 Å². The van der Waals surface area contributed by atoms with Gasteiger partial charge in [0.25, 0.3) is 5.91 Å². The van der Waals surface area contributed by atoms with Gasteiger partial charge in [-0.25, -0.2) is 4.68 Å². The highest BCUT2D eigenvalue weighted by Gasteiger charge is 2.17. The van der Waals surface area contributed by atoms with Crippen molar-refractivity contribution >= 4 is 34.6 Å². The highest BCUT2D eigenvalue weighted by atomic mass is 127. The first kappa shape index (κ1) is 22.6. The minimum atomic E-state index is -0.467. The number of allylic oxidation sites excluding steroid dienone is 1. The fourth-order valence-corrected chi connectivity index (χ4v) is 3.84. The van der Waals surface area contributed by atoms with Crippen LogP contribution in [0.5, 0.6) is 11.5 Å². The number of nitriles is 1. The molecule has 0 bridgehead atoms. The first-order valence-electron chi connectivity index (χ1n) is 9.75. The fourth-order valence-electron chi connectivity index (χ4n) is 3.06. The molecule has 0 N–H and O–H groups in total.